The molecule has 3 nitrogen and oxygen atoms in total. The standard InChI is InChI=1S/C18H13F2NO2/c19-14-7-5-12(6-8-14)10-21-11-13(9-17(22)18(21)23)15-3-1-2-4-16(15)20/h1-9,11,22H,10H2. The molecule has 0 bridgehead atoms. The van der Waals surface area contributed by atoms with Gasteiger partial charge in [-0.1, -0.05) is 30.3 Å². The Morgan fingerprint density at radius 3 is 2.39 bits per heavy atom. The fourth-order valence-electron chi connectivity index (χ4n) is 2.37. The van der Waals surface area contributed by atoms with Gasteiger partial charge in [0.1, 0.15) is 11.6 Å². The highest BCUT2D eigenvalue weighted by Crippen LogP contribution is 2.24. The van der Waals surface area contributed by atoms with Crippen LogP contribution in [0.2, 0.25) is 0 Å². The highest BCUT2D eigenvalue weighted by atomic mass is 19.1. The first-order valence-corrected chi connectivity index (χ1v) is 6.97. The van der Waals surface area contributed by atoms with Gasteiger partial charge < -0.3 is 9.67 Å². The van der Waals surface area contributed by atoms with E-state index in [0.29, 0.717) is 11.1 Å². The molecule has 0 aliphatic heterocycles. The zero-order valence-electron chi connectivity index (χ0n) is 12.0. The molecule has 0 aliphatic rings. The summed E-state index contributed by atoms with van der Waals surface area (Å²) in [6.07, 6.45) is 1.48. The fourth-order valence-corrected chi connectivity index (χ4v) is 2.37. The van der Waals surface area contributed by atoms with Crippen molar-refractivity contribution in [1.82, 2.24) is 4.57 Å². The monoisotopic (exact) mass is 313 g/mol. The largest absolute Gasteiger partial charge is 0.503 e. The van der Waals surface area contributed by atoms with E-state index in [-0.39, 0.29) is 17.9 Å². The van der Waals surface area contributed by atoms with Crippen LogP contribution in [0.5, 0.6) is 5.75 Å². The Morgan fingerprint density at radius 1 is 1.00 bits per heavy atom. The maximum absolute atomic E-state index is 13.9. The maximum Gasteiger partial charge on any atom is 0.292 e. The van der Waals surface area contributed by atoms with Crippen LogP contribution in [0.25, 0.3) is 11.1 Å². The summed E-state index contributed by atoms with van der Waals surface area (Å²) < 4.78 is 28.1. The van der Waals surface area contributed by atoms with Crippen molar-refractivity contribution in [3.8, 4) is 16.9 Å². The molecule has 0 atom stereocenters. The Hall–Kier alpha value is -2.95. The summed E-state index contributed by atoms with van der Waals surface area (Å²) in [4.78, 5) is 12.1. The van der Waals surface area contributed by atoms with Crippen LogP contribution in [0, 0.1) is 11.6 Å². The van der Waals surface area contributed by atoms with Gasteiger partial charge >= 0.3 is 0 Å². The molecule has 0 amide bonds. The lowest BCUT2D eigenvalue weighted by atomic mass is 10.1. The van der Waals surface area contributed by atoms with Crippen LogP contribution >= 0.6 is 0 Å². The number of rotatable bonds is 3. The maximum atomic E-state index is 13.9. The molecule has 1 N–H and O–H groups in total. The number of benzene rings is 2. The molecule has 0 fully saturated rings. The topological polar surface area (TPSA) is 42.2 Å². The molecule has 1 heterocycles. The third-order valence-corrected chi connectivity index (χ3v) is 3.52. The molecular weight excluding hydrogens is 300 g/mol. The minimum atomic E-state index is -0.589. The van der Waals surface area contributed by atoms with E-state index in [1.54, 1.807) is 30.3 Å². The molecular formula is C18H13F2NO2. The summed E-state index contributed by atoms with van der Waals surface area (Å²) >= 11 is 0. The molecule has 1 aromatic heterocycles. The predicted molar refractivity (Wildman–Crippen MR) is 83.3 cm³/mol. The molecule has 116 valence electrons. The second kappa shape index (κ2) is 6.04. The number of aromatic nitrogens is 1. The normalized spacial score (nSPS) is 10.7. The number of nitrogens with zero attached hydrogens (tertiary/aromatic N) is 1. The molecule has 0 radical (unpaired) electrons. The third kappa shape index (κ3) is 3.13. The summed E-state index contributed by atoms with van der Waals surface area (Å²) in [5.74, 6) is -1.28. The van der Waals surface area contributed by atoms with E-state index in [1.165, 1.54) is 35.0 Å². The van der Waals surface area contributed by atoms with Gasteiger partial charge in [-0.25, -0.2) is 8.78 Å². The van der Waals surface area contributed by atoms with Crippen LogP contribution in [-0.4, -0.2) is 9.67 Å². The number of hydrogen-bond donors (Lipinski definition) is 1. The Kier molecular flexibility index (Phi) is 3.93. The summed E-state index contributed by atoms with van der Waals surface area (Å²) in [6.45, 7) is 0.148. The van der Waals surface area contributed by atoms with E-state index >= 15 is 0 Å². The van der Waals surface area contributed by atoms with Crippen molar-refractivity contribution < 1.29 is 13.9 Å². The summed E-state index contributed by atoms with van der Waals surface area (Å²) in [5.41, 5.74) is 0.783. The van der Waals surface area contributed by atoms with Gasteiger partial charge in [-0.2, -0.15) is 0 Å². The Balaban J connectivity index is 2.05. The second-order valence-electron chi connectivity index (χ2n) is 5.15. The van der Waals surface area contributed by atoms with Gasteiger partial charge in [-0.15, -0.1) is 0 Å². The molecule has 0 spiro atoms. The first kappa shape index (κ1) is 15.0. The zero-order chi connectivity index (χ0) is 16.4. The van der Waals surface area contributed by atoms with Gasteiger partial charge in [0.05, 0.1) is 6.54 Å². The quantitative estimate of drug-likeness (QED) is 0.803. The highest BCUT2D eigenvalue weighted by molar-refractivity contribution is 5.64. The number of aromatic hydroxyl groups is 1. The van der Waals surface area contributed by atoms with Crippen molar-refractivity contribution in [3.05, 3.63) is 88.3 Å². The lowest BCUT2D eigenvalue weighted by Crippen LogP contribution is -2.20. The van der Waals surface area contributed by atoms with Crippen LogP contribution in [0.3, 0.4) is 0 Å². The van der Waals surface area contributed by atoms with Crippen LogP contribution in [0.1, 0.15) is 5.56 Å². The molecule has 0 aliphatic carbocycles. The van der Waals surface area contributed by atoms with Crippen molar-refractivity contribution >= 4 is 0 Å². The van der Waals surface area contributed by atoms with E-state index in [9.17, 15) is 18.7 Å². The number of pyridine rings is 1. The first-order valence-electron chi connectivity index (χ1n) is 6.97. The van der Waals surface area contributed by atoms with E-state index in [0.717, 1.165) is 0 Å². The van der Waals surface area contributed by atoms with E-state index < -0.39 is 17.1 Å². The summed E-state index contributed by atoms with van der Waals surface area (Å²) in [7, 11) is 0. The van der Waals surface area contributed by atoms with Gasteiger partial charge in [0.25, 0.3) is 5.56 Å². The lowest BCUT2D eigenvalue weighted by molar-refractivity contribution is 0.459. The van der Waals surface area contributed by atoms with E-state index in [2.05, 4.69) is 0 Å². The van der Waals surface area contributed by atoms with Gasteiger partial charge in [0.2, 0.25) is 0 Å². The van der Waals surface area contributed by atoms with Crippen molar-refractivity contribution in [3.63, 3.8) is 0 Å². The summed E-state index contributed by atoms with van der Waals surface area (Å²) in [5, 5.41) is 9.84. The van der Waals surface area contributed by atoms with Crippen LogP contribution in [0.4, 0.5) is 8.78 Å². The fraction of sp³-hybridized carbons (Fsp3) is 0.0556. The average Bonchev–Trinajstić information content (AvgIpc) is 2.54. The number of hydrogen-bond acceptors (Lipinski definition) is 2. The lowest BCUT2D eigenvalue weighted by Gasteiger charge is -2.10. The Labute approximate surface area is 131 Å². The SMILES string of the molecule is O=c1c(O)cc(-c2ccccc2F)cn1Cc1ccc(F)cc1. The minimum absolute atomic E-state index is 0.148. The number of halogens is 2. The van der Waals surface area contributed by atoms with Crippen LogP contribution in [-0.2, 0) is 6.54 Å². The summed E-state index contributed by atoms with van der Waals surface area (Å²) in [6, 6.07) is 13.0. The van der Waals surface area contributed by atoms with E-state index in [1.807, 2.05) is 0 Å². The zero-order valence-corrected chi connectivity index (χ0v) is 12.0. The first-order chi connectivity index (χ1) is 11.0. The van der Waals surface area contributed by atoms with Crippen molar-refractivity contribution in [2.24, 2.45) is 0 Å². The van der Waals surface area contributed by atoms with Crippen molar-refractivity contribution in [2.75, 3.05) is 0 Å². The van der Waals surface area contributed by atoms with Crippen LogP contribution < -0.4 is 5.56 Å². The minimum Gasteiger partial charge on any atom is -0.503 e. The van der Waals surface area contributed by atoms with Gasteiger partial charge in [-0.3, -0.25) is 4.79 Å². The highest BCUT2D eigenvalue weighted by Gasteiger charge is 2.10. The van der Waals surface area contributed by atoms with Crippen molar-refractivity contribution in [2.45, 2.75) is 6.54 Å². The molecule has 0 unspecified atom stereocenters. The molecule has 0 saturated carbocycles. The Bertz CT molecular complexity index is 902. The molecule has 5 heteroatoms. The van der Waals surface area contributed by atoms with Gasteiger partial charge in [0.15, 0.2) is 5.75 Å². The van der Waals surface area contributed by atoms with Crippen LogP contribution in [0.15, 0.2) is 65.6 Å². The predicted octanol–water partition coefficient (Wildman–Crippen LogP) is 3.55. The van der Waals surface area contributed by atoms with Crippen molar-refractivity contribution in [1.29, 1.82) is 0 Å². The van der Waals surface area contributed by atoms with Gasteiger partial charge in [0, 0.05) is 17.3 Å². The smallest absolute Gasteiger partial charge is 0.292 e. The molecule has 3 rings (SSSR count). The second-order valence-corrected chi connectivity index (χ2v) is 5.15. The molecule has 3 aromatic rings. The average molecular weight is 313 g/mol. The molecule has 2 aromatic carbocycles. The van der Waals surface area contributed by atoms with E-state index in [4.69, 9.17) is 0 Å². The molecule has 0 saturated heterocycles. The van der Waals surface area contributed by atoms with Gasteiger partial charge in [-0.05, 0) is 29.8 Å². The Morgan fingerprint density at radius 2 is 1.70 bits per heavy atom. The third-order valence-electron chi connectivity index (χ3n) is 3.52. The molecule has 23 heavy (non-hydrogen) atoms.